The second kappa shape index (κ2) is 7.00. The third-order valence-electron chi connectivity index (χ3n) is 4.07. The molecule has 17 heavy (non-hydrogen) atoms. The normalized spacial score (nSPS) is 20.4. The monoisotopic (exact) mass is 241 g/mol. The predicted molar refractivity (Wildman–Crippen MR) is 70.2 cm³/mol. The molecule has 100 valence electrons. The number of carboxylic acid groups (broad SMARTS) is 1. The maximum Gasteiger partial charge on any atom is 0.309 e. The van der Waals surface area contributed by atoms with Crippen LogP contribution in [0.15, 0.2) is 0 Å². The molecule has 1 N–H and O–H groups in total. The van der Waals surface area contributed by atoms with Gasteiger partial charge in [-0.2, -0.15) is 0 Å². The number of likely N-dealkylation sites (tertiary alicyclic amines) is 1. The highest BCUT2D eigenvalue weighted by atomic mass is 16.4. The first kappa shape index (κ1) is 14.5. The van der Waals surface area contributed by atoms with Crippen LogP contribution in [0.3, 0.4) is 0 Å². The van der Waals surface area contributed by atoms with Crippen molar-refractivity contribution >= 4 is 5.97 Å². The number of piperidine rings is 1. The third kappa shape index (κ3) is 3.98. The van der Waals surface area contributed by atoms with Gasteiger partial charge in [-0.15, -0.1) is 0 Å². The van der Waals surface area contributed by atoms with Crippen LogP contribution in [0.25, 0.3) is 0 Å². The molecular weight excluding hydrogens is 214 g/mol. The lowest BCUT2D eigenvalue weighted by molar-refractivity contribution is -0.152. The molecule has 1 rings (SSSR count). The first-order chi connectivity index (χ1) is 8.14. The number of unbranched alkanes of at least 4 members (excludes halogenated alkanes) is 2. The van der Waals surface area contributed by atoms with Gasteiger partial charge >= 0.3 is 5.97 Å². The van der Waals surface area contributed by atoms with Gasteiger partial charge in [0.25, 0.3) is 0 Å². The second-order valence-corrected chi connectivity index (χ2v) is 5.38. The Bertz CT molecular complexity index is 232. The molecule has 1 saturated heterocycles. The van der Waals surface area contributed by atoms with E-state index in [2.05, 4.69) is 18.7 Å². The molecule has 0 bridgehead atoms. The van der Waals surface area contributed by atoms with E-state index >= 15 is 0 Å². The number of hydrogen-bond donors (Lipinski definition) is 1. The quantitative estimate of drug-likeness (QED) is 0.696. The molecule has 0 radical (unpaired) electrons. The molecule has 1 aliphatic heterocycles. The number of rotatable bonds is 7. The molecule has 3 nitrogen and oxygen atoms in total. The van der Waals surface area contributed by atoms with Crippen molar-refractivity contribution in [2.75, 3.05) is 19.6 Å². The van der Waals surface area contributed by atoms with E-state index in [1.807, 2.05) is 0 Å². The highest BCUT2D eigenvalue weighted by Crippen LogP contribution is 2.37. The van der Waals surface area contributed by atoms with Crippen molar-refractivity contribution in [1.29, 1.82) is 0 Å². The number of hydrogen-bond acceptors (Lipinski definition) is 2. The summed E-state index contributed by atoms with van der Waals surface area (Å²) in [4.78, 5) is 13.9. The van der Waals surface area contributed by atoms with E-state index < -0.39 is 11.4 Å². The number of nitrogens with zero attached hydrogens (tertiary/aromatic N) is 1. The Morgan fingerprint density at radius 2 is 1.82 bits per heavy atom. The van der Waals surface area contributed by atoms with Crippen LogP contribution in [0.2, 0.25) is 0 Å². The van der Waals surface area contributed by atoms with E-state index in [4.69, 9.17) is 0 Å². The standard InChI is InChI=1S/C14H27NO2/c1-3-5-6-7-14(13(16)17)8-11-15(10-4-2)12-9-14/h3-12H2,1-2H3,(H,16,17). The second-order valence-electron chi connectivity index (χ2n) is 5.38. The zero-order valence-electron chi connectivity index (χ0n) is 11.4. The van der Waals surface area contributed by atoms with Crippen molar-refractivity contribution in [3.05, 3.63) is 0 Å². The Hall–Kier alpha value is -0.570. The van der Waals surface area contributed by atoms with Crippen molar-refractivity contribution in [2.45, 2.75) is 58.8 Å². The Balaban J connectivity index is 2.48. The molecule has 1 heterocycles. The molecule has 0 spiro atoms. The topological polar surface area (TPSA) is 40.5 Å². The van der Waals surface area contributed by atoms with Crippen LogP contribution in [-0.4, -0.2) is 35.6 Å². The summed E-state index contributed by atoms with van der Waals surface area (Å²) in [6, 6.07) is 0. The molecule has 0 amide bonds. The minimum atomic E-state index is -0.565. The van der Waals surface area contributed by atoms with Gasteiger partial charge < -0.3 is 10.0 Å². The Kier molecular flexibility index (Phi) is 5.96. The summed E-state index contributed by atoms with van der Waals surface area (Å²) in [5.74, 6) is -0.565. The number of carbonyl (C=O) groups is 1. The Morgan fingerprint density at radius 3 is 2.29 bits per heavy atom. The van der Waals surface area contributed by atoms with E-state index in [9.17, 15) is 9.90 Å². The van der Waals surface area contributed by atoms with Gasteiger partial charge in [-0.3, -0.25) is 4.79 Å². The van der Waals surface area contributed by atoms with Gasteiger partial charge in [-0.05, 0) is 45.3 Å². The molecular formula is C14H27NO2. The van der Waals surface area contributed by atoms with E-state index in [-0.39, 0.29) is 0 Å². The van der Waals surface area contributed by atoms with Crippen molar-refractivity contribution in [3.63, 3.8) is 0 Å². The lowest BCUT2D eigenvalue weighted by Gasteiger charge is -2.39. The molecule has 1 fully saturated rings. The van der Waals surface area contributed by atoms with Crippen molar-refractivity contribution in [3.8, 4) is 0 Å². The molecule has 1 aliphatic rings. The summed E-state index contributed by atoms with van der Waals surface area (Å²) in [5.41, 5.74) is -0.417. The van der Waals surface area contributed by atoms with Crippen LogP contribution in [0.1, 0.15) is 58.8 Å². The highest BCUT2D eigenvalue weighted by Gasteiger charge is 2.40. The van der Waals surface area contributed by atoms with Crippen molar-refractivity contribution < 1.29 is 9.90 Å². The van der Waals surface area contributed by atoms with Crippen LogP contribution in [0.5, 0.6) is 0 Å². The first-order valence-corrected chi connectivity index (χ1v) is 7.10. The lowest BCUT2D eigenvalue weighted by Crippen LogP contribution is -2.44. The SMILES string of the molecule is CCCCCC1(C(=O)O)CCN(CCC)CC1. The van der Waals surface area contributed by atoms with E-state index in [1.165, 1.54) is 0 Å². The molecule has 0 saturated carbocycles. The summed E-state index contributed by atoms with van der Waals surface area (Å²) < 4.78 is 0. The fourth-order valence-electron chi connectivity index (χ4n) is 2.81. The van der Waals surface area contributed by atoms with Gasteiger partial charge in [-0.1, -0.05) is 33.1 Å². The van der Waals surface area contributed by atoms with Gasteiger partial charge in [0, 0.05) is 0 Å². The number of aliphatic carboxylic acids is 1. The Morgan fingerprint density at radius 1 is 1.18 bits per heavy atom. The fourth-order valence-corrected chi connectivity index (χ4v) is 2.81. The lowest BCUT2D eigenvalue weighted by atomic mass is 9.74. The van der Waals surface area contributed by atoms with Crippen LogP contribution < -0.4 is 0 Å². The zero-order chi connectivity index (χ0) is 12.7. The third-order valence-corrected chi connectivity index (χ3v) is 4.07. The minimum Gasteiger partial charge on any atom is -0.481 e. The van der Waals surface area contributed by atoms with Crippen LogP contribution >= 0.6 is 0 Å². The summed E-state index contributed by atoms with van der Waals surface area (Å²) in [6.45, 7) is 7.39. The molecule has 0 aromatic heterocycles. The molecule has 3 heteroatoms. The van der Waals surface area contributed by atoms with Crippen LogP contribution in [0, 0.1) is 5.41 Å². The van der Waals surface area contributed by atoms with Crippen LogP contribution in [0.4, 0.5) is 0 Å². The first-order valence-electron chi connectivity index (χ1n) is 7.10. The maximum atomic E-state index is 11.5. The van der Waals surface area contributed by atoms with Gasteiger partial charge in [-0.25, -0.2) is 0 Å². The van der Waals surface area contributed by atoms with E-state index in [0.29, 0.717) is 0 Å². The smallest absolute Gasteiger partial charge is 0.309 e. The predicted octanol–water partition coefficient (Wildman–Crippen LogP) is 3.14. The van der Waals surface area contributed by atoms with Gasteiger partial charge in [0.2, 0.25) is 0 Å². The van der Waals surface area contributed by atoms with Crippen LogP contribution in [-0.2, 0) is 4.79 Å². The Labute approximate surface area is 105 Å². The zero-order valence-corrected chi connectivity index (χ0v) is 11.4. The average Bonchev–Trinajstić information content (AvgIpc) is 2.32. The largest absolute Gasteiger partial charge is 0.481 e. The molecule has 0 atom stereocenters. The molecule has 0 aliphatic carbocycles. The van der Waals surface area contributed by atoms with E-state index in [1.54, 1.807) is 0 Å². The summed E-state index contributed by atoms with van der Waals surface area (Å²) in [6.07, 6.45) is 7.10. The fraction of sp³-hybridized carbons (Fsp3) is 0.929. The molecule has 0 aromatic carbocycles. The van der Waals surface area contributed by atoms with Crippen molar-refractivity contribution in [2.24, 2.45) is 5.41 Å². The summed E-state index contributed by atoms with van der Waals surface area (Å²) >= 11 is 0. The van der Waals surface area contributed by atoms with Gasteiger partial charge in [0.05, 0.1) is 5.41 Å². The van der Waals surface area contributed by atoms with Gasteiger partial charge in [0.1, 0.15) is 0 Å². The summed E-state index contributed by atoms with van der Waals surface area (Å²) in [5, 5.41) is 9.49. The number of carboxylic acids is 1. The highest BCUT2D eigenvalue weighted by molar-refractivity contribution is 5.74. The molecule has 0 unspecified atom stereocenters. The van der Waals surface area contributed by atoms with E-state index in [0.717, 1.165) is 64.6 Å². The van der Waals surface area contributed by atoms with Crippen molar-refractivity contribution in [1.82, 2.24) is 4.90 Å². The average molecular weight is 241 g/mol. The molecule has 0 aromatic rings. The van der Waals surface area contributed by atoms with Gasteiger partial charge in [0.15, 0.2) is 0 Å². The summed E-state index contributed by atoms with van der Waals surface area (Å²) in [7, 11) is 0. The maximum absolute atomic E-state index is 11.5. The minimum absolute atomic E-state index is 0.417.